The Hall–Kier alpha value is -1.24. The molecular weight excluding hydrogens is 158 g/mol. The lowest BCUT2D eigenvalue weighted by Crippen LogP contribution is -1.97. The van der Waals surface area contributed by atoms with E-state index in [1.54, 1.807) is 0 Å². The van der Waals surface area contributed by atoms with Gasteiger partial charge in [0.15, 0.2) is 0 Å². The lowest BCUT2D eigenvalue weighted by atomic mass is 10.1. The normalized spacial score (nSPS) is 30.0. The van der Waals surface area contributed by atoms with Crippen molar-refractivity contribution in [3.8, 4) is 0 Å². The maximum Gasteiger partial charge on any atom is 0.0535 e. The van der Waals surface area contributed by atoms with E-state index in [1.807, 2.05) is 0 Å². The lowest BCUT2D eigenvalue weighted by Gasteiger charge is -2.03. The van der Waals surface area contributed by atoms with Crippen molar-refractivity contribution < 1.29 is 0 Å². The van der Waals surface area contributed by atoms with Crippen LogP contribution in [0.3, 0.4) is 0 Å². The zero-order valence-electron chi connectivity index (χ0n) is 7.56. The van der Waals surface area contributed by atoms with Gasteiger partial charge >= 0.3 is 0 Å². The number of hydrogen-bond acceptors (Lipinski definition) is 1. The van der Waals surface area contributed by atoms with Crippen LogP contribution in [0.25, 0.3) is 0 Å². The predicted molar refractivity (Wildman–Crippen MR) is 54.9 cm³/mol. The Morgan fingerprint density at radius 3 is 2.15 bits per heavy atom. The van der Waals surface area contributed by atoms with Gasteiger partial charge in [-0.05, 0) is 25.0 Å². The van der Waals surface area contributed by atoms with Crippen LogP contribution in [0.5, 0.6) is 0 Å². The second-order valence-corrected chi connectivity index (χ2v) is 3.82. The van der Waals surface area contributed by atoms with Gasteiger partial charge in [0.25, 0.3) is 0 Å². The Bertz CT molecular complexity index is 314. The average molecular weight is 171 g/mol. The largest absolute Gasteiger partial charge is 0.361 e. The van der Waals surface area contributed by atoms with Gasteiger partial charge in [-0.15, -0.1) is 0 Å². The minimum absolute atomic E-state index is 0.799. The maximum atomic E-state index is 2.53. The molecule has 0 saturated carbocycles. The van der Waals surface area contributed by atoms with E-state index < -0.39 is 0 Å². The van der Waals surface area contributed by atoms with Gasteiger partial charge in [0.1, 0.15) is 0 Å². The van der Waals surface area contributed by atoms with Crippen LogP contribution in [0, 0.1) is 0 Å². The molecule has 1 aromatic rings. The predicted octanol–water partition coefficient (Wildman–Crippen LogP) is 2.59. The minimum atomic E-state index is 0.799. The molecule has 0 amide bonds. The number of nitrogens with zero attached hydrogens (tertiary/aromatic N) is 1. The molecule has 0 radical (unpaired) electrons. The minimum Gasteiger partial charge on any atom is -0.361 e. The molecule has 1 heterocycles. The van der Waals surface area contributed by atoms with Crippen molar-refractivity contribution in [3.63, 3.8) is 0 Å². The molecular formula is C12H13N. The third-order valence-electron chi connectivity index (χ3n) is 3.05. The fourth-order valence-corrected chi connectivity index (χ4v) is 2.33. The Morgan fingerprint density at radius 2 is 1.54 bits per heavy atom. The van der Waals surface area contributed by atoms with Crippen LogP contribution >= 0.6 is 0 Å². The summed E-state index contributed by atoms with van der Waals surface area (Å²) in [6.45, 7) is 0. The fourth-order valence-electron chi connectivity index (χ4n) is 2.33. The van der Waals surface area contributed by atoms with Crippen LogP contribution in [0.4, 0.5) is 5.69 Å². The Balaban J connectivity index is 1.84. The van der Waals surface area contributed by atoms with E-state index in [0.717, 1.165) is 12.1 Å². The quantitative estimate of drug-likeness (QED) is 0.463. The van der Waals surface area contributed by atoms with E-state index in [4.69, 9.17) is 0 Å². The number of para-hydroxylation sites is 1. The van der Waals surface area contributed by atoms with Crippen molar-refractivity contribution in [2.24, 2.45) is 0 Å². The SMILES string of the molecule is C1=CC[C@H]2[C@@H](C1)N2c1ccccc1. The van der Waals surface area contributed by atoms with Crippen LogP contribution in [-0.2, 0) is 0 Å². The lowest BCUT2D eigenvalue weighted by molar-refractivity contribution is 0.854. The van der Waals surface area contributed by atoms with Crippen LogP contribution in [0.2, 0.25) is 0 Å². The molecule has 1 aromatic carbocycles. The molecule has 1 saturated heterocycles. The van der Waals surface area contributed by atoms with E-state index in [1.165, 1.54) is 18.5 Å². The van der Waals surface area contributed by atoms with Crippen LogP contribution in [0.1, 0.15) is 12.8 Å². The van der Waals surface area contributed by atoms with Gasteiger partial charge in [-0.3, -0.25) is 0 Å². The third-order valence-corrected chi connectivity index (χ3v) is 3.05. The first-order chi connectivity index (χ1) is 6.47. The summed E-state index contributed by atoms with van der Waals surface area (Å²) in [7, 11) is 0. The van der Waals surface area contributed by atoms with Gasteiger partial charge in [-0.25, -0.2) is 0 Å². The first-order valence-corrected chi connectivity index (χ1v) is 4.95. The topological polar surface area (TPSA) is 3.01 Å². The summed E-state index contributed by atoms with van der Waals surface area (Å²) < 4.78 is 0. The molecule has 1 heteroatoms. The van der Waals surface area contributed by atoms with Crippen molar-refractivity contribution in [2.75, 3.05) is 4.90 Å². The summed E-state index contributed by atoms with van der Waals surface area (Å²) in [5, 5.41) is 0. The van der Waals surface area contributed by atoms with Gasteiger partial charge in [-0.2, -0.15) is 0 Å². The molecule has 0 bridgehead atoms. The van der Waals surface area contributed by atoms with E-state index in [9.17, 15) is 0 Å². The number of hydrogen-bond donors (Lipinski definition) is 0. The molecule has 2 atom stereocenters. The average Bonchev–Trinajstić information content (AvgIpc) is 2.93. The van der Waals surface area contributed by atoms with Crippen molar-refractivity contribution in [1.82, 2.24) is 0 Å². The summed E-state index contributed by atoms with van der Waals surface area (Å²) in [5.74, 6) is 0. The number of benzene rings is 1. The summed E-state index contributed by atoms with van der Waals surface area (Å²) >= 11 is 0. The van der Waals surface area contributed by atoms with E-state index >= 15 is 0 Å². The van der Waals surface area contributed by atoms with Crippen molar-refractivity contribution in [2.45, 2.75) is 24.9 Å². The zero-order valence-corrected chi connectivity index (χ0v) is 7.56. The molecule has 1 aliphatic carbocycles. The van der Waals surface area contributed by atoms with Gasteiger partial charge in [0.2, 0.25) is 0 Å². The van der Waals surface area contributed by atoms with Gasteiger partial charge < -0.3 is 4.90 Å². The number of fused-ring (bicyclic) bond motifs is 1. The Labute approximate surface area is 78.7 Å². The van der Waals surface area contributed by atoms with Gasteiger partial charge in [-0.1, -0.05) is 30.4 Å². The second-order valence-electron chi connectivity index (χ2n) is 3.82. The summed E-state index contributed by atoms with van der Waals surface area (Å²) in [4.78, 5) is 2.53. The first kappa shape index (κ1) is 7.19. The molecule has 13 heavy (non-hydrogen) atoms. The van der Waals surface area contributed by atoms with Gasteiger partial charge in [0.05, 0.1) is 12.1 Å². The second kappa shape index (κ2) is 2.63. The zero-order chi connectivity index (χ0) is 8.67. The molecule has 0 unspecified atom stereocenters. The summed E-state index contributed by atoms with van der Waals surface area (Å²) in [5.41, 5.74) is 1.39. The fraction of sp³-hybridized carbons (Fsp3) is 0.333. The Morgan fingerprint density at radius 1 is 0.923 bits per heavy atom. The molecule has 1 fully saturated rings. The molecule has 0 N–H and O–H groups in total. The molecule has 1 nitrogen and oxygen atoms in total. The molecule has 66 valence electrons. The summed E-state index contributed by atoms with van der Waals surface area (Å²) in [6, 6.07) is 12.3. The molecule has 3 rings (SSSR count). The summed E-state index contributed by atoms with van der Waals surface area (Å²) in [6.07, 6.45) is 7.09. The van der Waals surface area contributed by atoms with Gasteiger partial charge in [0, 0.05) is 5.69 Å². The maximum absolute atomic E-state index is 2.53. The van der Waals surface area contributed by atoms with E-state index in [-0.39, 0.29) is 0 Å². The molecule has 2 aliphatic rings. The third kappa shape index (κ3) is 1.07. The Kier molecular flexibility index (Phi) is 1.45. The van der Waals surface area contributed by atoms with Crippen molar-refractivity contribution in [3.05, 3.63) is 42.5 Å². The van der Waals surface area contributed by atoms with E-state index in [2.05, 4.69) is 47.4 Å². The highest BCUT2D eigenvalue weighted by Crippen LogP contribution is 2.41. The molecule has 0 spiro atoms. The number of anilines is 1. The smallest absolute Gasteiger partial charge is 0.0535 e. The van der Waals surface area contributed by atoms with Crippen LogP contribution < -0.4 is 4.90 Å². The highest BCUT2D eigenvalue weighted by molar-refractivity contribution is 5.57. The van der Waals surface area contributed by atoms with Crippen LogP contribution in [-0.4, -0.2) is 12.1 Å². The van der Waals surface area contributed by atoms with Crippen LogP contribution in [0.15, 0.2) is 42.5 Å². The first-order valence-electron chi connectivity index (χ1n) is 4.95. The van der Waals surface area contributed by atoms with Crippen molar-refractivity contribution in [1.29, 1.82) is 0 Å². The number of rotatable bonds is 1. The molecule has 0 aromatic heterocycles. The molecule has 1 aliphatic heterocycles. The highest BCUT2D eigenvalue weighted by atomic mass is 15.4. The standard InChI is InChI=1S/C12H13N/c1-2-6-10(7-3-1)13-11-8-4-5-9-12(11)13/h1-7,11-12H,8-9H2/t11-,12+,13?. The van der Waals surface area contributed by atoms with E-state index in [0.29, 0.717) is 0 Å². The highest BCUT2D eigenvalue weighted by Gasteiger charge is 2.46. The van der Waals surface area contributed by atoms with Crippen molar-refractivity contribution >= 4 is 5.69 Å². The monoisotopic (exact) mass is 171 g/mol.